The summed E-state index contributed by atoms with van der Waals surface area (Å²) >= 11 is 1.00. The van der Waals surface area contributed by atoms with Crippen LogP contribution < -0.4 is 10.6 Å². The van der Waals surface area contributed by atoms with Gasteiger partial charge in [0.15, 0.2) is 0 Å². The van der Waals surface area contributed by atoms with Crippen molar-refractivity contribution in [1.82, 2.24) is 10.3 Å². The molecule has 1 aliphatic heterocycles. The van der Waals surface area contributed by atoms with Crippen LogP contribution in [0.1, 0.15) is 16.1 Å². The van der Waals surface area contributed by atoms with Crippen LogP contribution in [0.4, 0.5) is 10.5 Å². The van der Waals surface area contributed by atoms with Crippen molar-refractivity contribution in [2.75, 3.05) is 5.32 Å². The largest absolute Gasteiger partial charge is 0.358 e. The number of H-pyrrole nitrogens is 1. The lowest BCUT2D eigenvalue weighted by Crippen LogP contribution is -2.25. The van der Waals surface area contributed by atoms with Gasteiger partial charge in [-0.2, -0.15) is 0 Å². The van der Waals surface area contributed by atoms with Crippen LogP contribution in [-0.2, 0) is 11.2 Å². The molecule has 1 aromatic heterocycles. The van der Waals surface area contributed by atoms with E-state index in [0.29, 0.717) is 12.0 Å². The molecule has 2 aromatic carbocycles. The zero-order valence-electron chi connectivity index (χ0n) is 13.6. The van der Waals surface area contributed by atoms with E-state index in [1.54, 1.807) is 12.1 Å². The van der Waals surface area contributed by atoms with Crippen molar-refractivity contribution in [1.29, 1.82) is 0 Å². The van der Waals surface area contributed by atoms with Gasteiger partial charge in [-0.1, -0.05) is 30.0 Å². The molecule has 1 saturated heterocycles. The molecule has 26 heavy (non-hydrogen) atoms. The first-order valence-corrected chi connectivity index (χ1v) is 8.96. The molecule has 0 bridgehead atoms. The number of para-hydroxylation sites is 1. The first-order valence-electron chi connectivity index (χ1n) is 8.08. The zero-order valence-corrected chi connectivity index (χ0v) is 14.4. The highest BCUT2D eigenvalue weighted by molar-refractivity contribution is 8.15. The van der Waals surface area contributed by atoms with Crippen molar-refractivity contribution in [3.05, 3.63) is 65.9 Å². The molecule has 0 saturated carbocycles. The molecule has 130 valence electrons. The Morgan fingerprint density at radius 3 is 2.62 bits per heavy atom. The van der Waals surface area contributed by atoms with Crippen LogP contribution in [0.5, 0.6) is 0 Å². The van der Waals surface area contributed by atoms with Gasteiger partial charge >= 0.3 is 0 Å². The number of carbonyl (C=O) groups is 3. The fourth-order valence-electron chi connectivity index (χ4n) is 2.90. The lowest BCUT2D eigenvalue weighted by Gasteiger charge is -2.04. The van der Waals surface area contributed by atoms with Gasteiger partial charge in [0.25, 0.3) is 11.1 Å². The normalized spacial score (nSPS) is 16.7. The van der Waals surface area contributed by atoms with Crippen molar-refractivity contribution >= 4 is 45.4 Å². The van der Waals surface area contributed by atoms with Crippen LogP contribution in [0.2, 0.25) is 0 Å². The minimum atomic E-state index is -0.420. The van der Waals surface area contributed by atoms with Gasteiger partial charge in [-0.25, -0.2) is 0 Å². The van der Waals surface area contributed by atoms with E-state index in [9.17, 15) is 14.4 Å². The Morgan fingerprint density at radius 2 is 1.88 bits per heavy atom. The van der Waals surface area contributed by atoms with E-state index in [1.165, 1.54) is 0 Å². The maximum atomic E-state index is 12.4. The zero-order chi connectivity index (χ0) is 18.1. The van der Waals surface area contributed by atoms with Crippen LogP contribution in [-0.4, -0.2) is 27.3 Å². The predicted octanol–water partition coefficient (Wildman–Crippen LogP) is 3.31. The molecule has 3 aromatic rings. The maximum absolute atomic E-state index is 12.4. The van der Waals surface area contributed by atoms with Crippen molar-refractivity contribution in [3.8, 4) is 0 Å². The molecule has 2 heterocycles. The Labute approximate surface area is 153 Å². The second-order valence-electron chi connectivity index (χ2n) is 6.00. The predicted molar refractivity (Wildman–Crippen MR) is 101 cm³/mol. The molecular weight excluding hydrogens is 350 g/mol. The lowest BCUT2D eigenvalue weighted by molar-refractivity contribution is -0.118. The average molecular weight is 365 g/mol. The Hall–Kier alpha value is -3.06. The number of hydrogen-bond donors (Lipinski definition) is 3. The molecule has 6 nitrogen and oxygen atoms in total. The second-order valence-corrected chi connectivity index (χ2v) is 7.18. The van der Waals surface area contributed by atoms with Gasteiger partial charge in [-0.05, 0) is 36.4 Å². The Bertz CT molecular complexity index is 1010. The average Bonchev–Trinajstić information content (AvgIpc) is 3.17. The monoisotopic (exact) mass is 365 g/mol. The second kappa shape index (κ2) is 6.68. The van der Waals surface area contributed by atoms with E-state index in [2.05, 4.69) is 15.6 Å². The van der Waals surface area contributed by atoms with Gasteiger partial charge in [-0.15, -0.1) is 0 Å². The highest BCUT2D eigenvalue weighted by Gasteiger charge is 2.31. The fourth-order valence-corrected chi connectivity index (χ4v) is 3.74. The molecule has 0 radical (unpaired) electrons. The summed E-state index contributed by atoms with van der Waals surface area (Å²) in [6.45, 7) is 0. The number of fused-ring (bicyclic) bond motifs is 1. The van der Waals surface area contributed by atoms with Gasteiger partial charge in [0, 0.05) is 34.3 Å². The number of benzene rings is 2. The molecule has 1 aliphatic rings. The molecular formula is C19H15N3O3S. The third-order valence-electron chi connectivity index (χ3n) is 4.14. The number of aromatic amines is 1. The van der Waals surface area contributed by atoms with Crippen LogP contribution >= 0.6 is 11.8 Å². The minimum Gasteiger partial charge on any atom is -0.358 e. The van der Waals surface area contributed by atoms with Crippen molar-refractivity contribution in [3.63, 3.8) is 0 Å². The summed E-state index contributed by atoms with van der Waals surface area (Å²) in [5, 5.41) is 5.30. The van der Waals surface area contributed by atoms with Crippen LogP contribution in [0.25, 0.3) is 10.9 Å². The lowest BCUT2D eigenvalue weighted by atomic mass is 10.1. The fraction of sp³-hybridized carbons (Fsp3) is 0.105. The summed E-state index contributed by atoms with van der Waals surface area (Å²) in [5.74, 6) is -0.446. The van der Waals surface area contributed by atoms with Crippen LogP contribution in [0.15, 0.2) is 54.6 Å². The quantitative estimate of drug-likeness (QED) is 0.661. The van der Waals surface area contributed by atoms with Gasteiger partial charge in [0.1, 0.15) is 0 Å². The minimum absolute atomic E-state index is 0.183. The number of hydrogen-bond acceptors (Lipinski definition) is 4. The molecule has 1 fully saturated rings. The summed E-state index contributed by atoms with van der Waals surface area (Å²) in [6, 6.07) is 16.6. The molecule has 3 N–H and O–H groups in total. The maximum Gasteiger partial charge on any atom is 0.286 e. The number of rotatable bonds is 4. The van der Waals surface area contributed by atoms with Gasteiger partial charge < -0.3 is 10.3 Å². The molecule has 1 atom stereocenters. The van der Waals surface area contributed by atoms with Gasteiger partial charge in [0.05, 0.1) is 5.25 Å². The topological polar surface area (TPSA) is 91.1 Å². The van der Waals surface area contributed by atoms with E-state index in [-0.39, 0.29) is 17.1 Å². The SMILES string of the molecule is O=C1NC(=O)C(Cc2cc3cc(C(=O)Nc4ccccc4)ccc3[nH]2)S1. The van der Waals surface area contributed by atoms with Crippen LogP contribution in [0.3, 0.4) is 0 Å². The van der Waals surface area contributed by atoms with Crippen LogP contribution in [0, 0.1) is 0 Å². The summed E-state index contributed by atoms with van der Waals surface area (Å²) in [5.41, 5.74) is 3.02. The Morgan fingerprint density at radius 1 is 1.08 bits per heavy atom. The Balaban J connectivity index is 1.53. The standard InChI is InChI=1S/C19H15N3O3S/c23-17(21-13-4-2-1-3-5-13)11-6-7-15-12(8-11)9-14(20-15)10-16-18(24)22-19(25)26-16/h1-9,16,20H,10H2,(H,21,23)(H,22,24,25). The number of carbonyl (C=O) groups excluding carboxylic acids is 3. The first-order chi connectivity index (χ1) is 12.6. The van der Waals surface area contributed by atoms with Crippen molar-refractivity contribution in [2.45, 2.75) is 11.7 Å². The van der Waals surface area contributed by atoms with E-state index in [1.807, 2.05) is 42.5 Å². The van der Waals surface area contributed by atoms with E-state index in [0.717, 1.165) is 34.0 Å². The number of aromatic nitrogens is 1. The van der Waals surface area contributed by atoms with E-state index in [4.69, 9.17) is 0 Å². The summed E-state index contributed by atoms with van der Waals surface area (Å²) in [7, 11) is 0. The number of nitrogens with one attached hydrogen (secondary N) is 3. The van der Waals surface area contributed by atoms with Gasteiger partial charge in [0.2, 0.25) is 5.91 Å². The van der Waals surface area contributed by atoms with Gasteiger partial charge in [-0.3, -0.25) is 19.7 Å². The molecule has 3 amide bonds. The summed E-state index contributed by atoms with van der Waals surface area (Å²) in [4.78, 5) is 38.6. The van der Waals surface area contributed by atoms with Crippen molar-refractivity contribution in [2.24, 2.45) is 0 Å². The summed E-state index contributed by atoms with van der Waals surface area (Å²) in [6.07, 6.45) is 0.433. The number of thioether (sulfide) groups is 1. The molecule has 7 heteroatoms. The number of amides is 3. The third kappa shape index (κ3) is 3.34. The molecule has 4 rings (SSSR count). The van der Waals surface area contributed by atoms with E-state index < -0.39 is 5.25 Å². The first kappa shape index (κ1) is 16.4. The highest BCUT2D eigenvalue weighted by Crippen LogP contribution is 2.25. The molecule has 1 unspecified atom stereocenters. The number of imide groups is 1. The summed E-state index contributed by atoms with van der Waals surface area (Å²) < 4.78 is 0. The van der Waals surface area contributed by atoms with E-state index >= 15 is 0 Å². The number of anilines is 1. The van der Waals surface area contributed by atoms with Crippen molar-refractivity contribution < 1.29 is 14.4 Å². The third-order valence-corrected chi connectivity index (χ3v) is 5.12. The molecule has 0 aliphatic carbocycles. The Kier molecular flexibility index (Phi) is 4.22. The smallest absolute Gasteiger partial charge is 0.286 e. The highest BCUT2D eigenvalue weighted by atomic mass is 32.2. The molecule has 0 spiro atoms.